The van der Waals surface area contributed by atoms with E-state index >= 15 is 0 Å². The molecule has 2 aromatic carbocycles. The monoisotopic (exact) mass is 334 g/mol. The molecular formula is C16H15FN2O3S. The predicted octanol–water partition coefficient (Wildman–Crippen LogP) is 3.20. The van der Waals surface area contributed by atoms with Crippen LogP contribution in [-0.4, -0.2) is 14.3 Å². The largest absolute Gasteiger partial charge is 0.324 e. The number of rotatable bonds is 5. The van der Waals surface area contributed by atoms with Crippen LogP contribution < -0.4 is 10.0 Å². The van der Waals surface area contributed by atoms with Crippen molar-refractivity contribution in [2.24, 2.45) is 0 Å². The highest BCUT2D eigenvalue weighted by atomic mass is 32.2. The van der Waals surface area contributed by atoms with E-state index in [1.807, 2.05) is 6.07 Å². The maximum atomic E-state index is 13.5. The van der Waals surface area contributed by atoms with Crippen LogP contribution >= 0.6 is 0 Å². The molecule has 7 heteroatoms. The summed E-state index contributed by atoms with van der Waals surface area (Å²) in [6.07, 6.45) is 1.45. The molecule has 0 aliphatic heterocycles. The highest BCUT2D eigenvalue weighted by Gasteiger charge is 2.09. The van der Waals surface area contributed by atoms with Gasteiger partial charge in [0, 0.05) is 6.92 Å². The number of hydrogen-bond donors (Lipinski definition) is 2. The van der Waals surface area contributed by atoms with E-state index in [0.717, 1.165) is 17.0 Å². The van der Waals surface area contributed by atoms with E-state index < -0.39 is 21.7 Å². The van der Waals surface area contributed by atoms with E-state index in [9.17, 15) is 17.6 Å². The molecule has 0 heterocycles. The van der Waals surface area contributed by atoms with E-state index in [-0.39, 0.29) is 11.4 Å². The van der Waals surface area contributed by atoms with Crippen molar-refractivity contribution in [3.63, 3.8) is 0 Å². The zero-order valence-electron chi connectivity index (χ0n) is 12.3. The number of benzene rings is 2. The number of carbonyl (C=O) groups is 1. The Hall–Kier alpha value is -2.67. The summed E-state index contributed by atoms with van der Waals surface area (Å²) in [5.41, 5.74) is 0.786. The van der Waals surface area contributed by atoms with Crippen LogP contribution in [-0.2, 0) is 14.8 Å². The topological polar surface area (TPSA) is 75.3 Å². The minimum Gasteiger partial charge on any atom is -0.324 e. The van der Waals surface area contributed by atoms with Crippen LogP contribution in [0.2, 0.25) is 0 Å². The standard InChI is InChI=1S/C16H15FN2O3S/c1-12(20)18-16-11-14(7-8-15(16)17)19-23(21,22)10-9-13-5-3-2-4-6-13/h2-11,19H,1H3,(H,18,20)/b10-9+. The number of nitrogens with one attached hydrogen (secondary N) is 2. The predicted molar refractivity (Wildman–Crippen MR) is 88.7 cm³/mol. The van der Waals surface area contributed by atoms with Gasteiger partial charge in [0.2, 0.25) is 5.91 Å². The number of hydrogen-bond acceptors (Lipinski definition) is 3. The SMILES string of the molecule is CC(=O)Nc1cc(NS(=O)(=O)/C=C/c2ccccc2)ccc1F. The molecule has 0 spiro atoms. The van der Waals surface area contributed by atoms with Gasteiger partial charge in [0.25, 0.3) is 10.0 Å². The lowest BCUT2D eigenvalue weighted by molar-refractivity contribution is -0.114. The van der Waals surface area contributed by atoms with Crippen molar-refractivity contribution in [3.05, 3.63) is 65.3 Å². The van der Waals surface area contributed by atoms with Gasteiger partial charge in [-0.1, -0.05) is 30.3 Å². The third kappa shape index (κ3) is 5.23. The van der Waals surface area contributed by atoms with Crippen LogP contribution in [0.1, 0.15) is 12.5 Å². The minimum atomic E-state index is -3.76. The Labute approximate surface area is 133 Å². The van der Waals surface area contributed by atoms with Gasteiger partial charge in [-0.25, -0.2) is 12.8 Å². The van der Waals surface area contributed by atoms with Gasteiger partial charge in [0.1, 0.15) is 5.82 Å². The number of sulfonamides is 1. The third-order valence-corrected chi connectivity index (χ3v) is 3.79. The van der Waals surface area contributed by atoms with Crippen molar-refractivity contribution < 1.29 is 17.6 Å². The molecule has 0 bridgehead atoms. The van der Waals surface area contributed by atoms with Crippen molar-refractivity contribution in [1.82, 2.24) is 0 Å². The highest BCUT2D eigenvalue weighted by Crippen LogP contribution is 2.21. The molecule has 2 aromatic rings. The van der Waals surface area contributed by atoms with Crippen LogP contribution in [0.25, 0.3) is 6.08 Å². The fourth-order valence-electron chi connectivity index (χ4n) is 1.80. The summed E-state index contributed by atoms with van der Waals surface area (Å²) in [5, 5.41) is 3.31. The van der Waals surface area contributed by atoms with Gasteiger partial charge in [0.05, 0.1) is 16.8 Å². The number of carbonyl (C=O) groups excluding carboxylic acids is 1. The van der Waals surface area contributed by atoms with Crippen molar-refractivity contribution in [2.75, 3.05) is 10.0 Å². The fraction of sp³-hybridized carbons (Fsp3) is 0.0625. The van der Waals surface area contributed by atoms with E-state index in [1.54, 1.807) is 24.3 Å². The quantitative estimate of drug-likeness (QED) is 0.882. The lowest BCUT2D eigenvalue weighted by atomic mass is 10.2. The van der Waals surface area contributed by atoms with Gasteiger partial charge in [-0.2, -0.15) is 0 Å². The first-order valence-corrected chi connectivity index (χ1v) is 8.23. The van der Waals surface area contributed by atoms with E-state index in [0.29, 0.717) is 0 Å². The van der Waals surface area contributed by atoms with Crippen LogP contribution in [0.5, 0.6) is 0 Å². The van der Waals surface area contributed by atoms with Gasteiger partial charge in [0.15, 0.2) is 0 Å². The molecule has 120 valence electrons. The smallest absolute Gasteiger partial charge is 0.255 e. The summed E-state index contributed by atoms with van der Waals surface area (Å²) in [6.45, 7) is 1.24. The van der Waals surface area contributed by atoms with Gasteiger partial charge >= 0.3 is 0 Å². The molecule has 0 radical (unpaired) electrons. The average Bonchev–Trinajstić information content (AvgIpc) is 2.49. The number of anilines is 2. The first-order valence-electron chi connectivity index (χ1n) is 6.69. The van der Waals surface area contributed by atoms with Gasteiger partial charge in [-0.05, 0) is 29.8 Å². The Morgan fingerprint density at radius 1 is 1.13 bits per heavy atom. The molecule has 5 nitrogen and oxygen atoms in total. The maximum Gasteiger partial charge on any atom is 0.255 e. The highest BCUT2D eigenvalue weighted by molar-refractivity contribution is 7.95. The molecule has 0 atom stereocenters. The van der Waals surface area contributed by atoms with E-state index in [2.05, 4.69) is 10.0 Å². The summed E-state index contributed by atoms with van der Waals surface area (Å²) < 4.78 is 39.8. The number of amides is 1. The Morgan fingerprint density at radius 3 is 2.48 bits per heavy atom. The zero-order chi connectivity index (χ0) is 16.9. The van der Waals surface area contributed by atoms with Crippen molar-refractivity contribution >= 4 is 33.4 Å². The molecule has 23 heavy (non-hydrogen) atoms. The fourth-order valence-corrected chi connectivity index (χ4v) is 2.66. The molecule has 0 unspecified atom stereocenters. The van der Waals surface area contributed by atoms with Crippen LogP contribution in [0.3, 0.4) is 0 Å². The summed E-state index contributed by atoms with van der Waals surface area (Å²) in [4.78, 5) is 11.0. The molecule has 0 fully saturated rings. The molecule has 0 aliphatic rings. The van der Waals surface area contributed by atoms with E-state index in [1.165, 1.54) is 25.1 Å². The van der Waals surface area contributed by atoms with Crippen molar-refractivity contribution in [1.29, 1.82) is 0 Å². The third-order valence-electron chi connectivity index (χ3n) is 2.78. The Balaban J connectivity index is 2.17. The number of halogens is 1. The molecule has 0 saturated carbocycles. The second kappa shape index (κ2) is 7.06. The summed E-state index contributed by atoms with van der Waals surface area (Å²) in [5.74, 6) is -1.10. The lowest BCUT2D eigenvalue weighted by Gasteiger charge is -2.08. The van der Waals surface area contributed by atoms with Crippen LogP contribution in [0.15, 0.2) is 53.9 Å². The Bertz CT molecular complexity index is 834. The van der Waals surface area contributed by atoms with Gasteiger partial charge in [-0.3, -0.25) is 9.52 Å². The first-order chi connectivity index (χ1) is 10.9. The molecule has 2 rings (SSSR count). The van der Waals surface area contributed by atoms with Crippen LogP contribution in [0, 0.1) is 5.82 Å². The van der Waals surface area contributed by atoms with Crippen molar-refractivity contribution in [3.8, 4) is 0 Å². The maximum absolute atomic E-state index is 13.5. The van der Waals surface area contributed by atoms with Crippen LogP contribution in [0.4, 0.5) is 15.8 Å². The average molecular weight is 334 g/mol. The molecule has 2 N–H and O–H groups in total. The Kier molecular flexibility index (Phi) is 5.13. The van der Waals surface area contributed by atoms with E-state index in [4.69, 9.17) is 0 Å². The molecule has 0 saturated heterocycles. The van der Waals surface area contributed by atoms with Gasteiger partial charge in [-0.15, -0.1) is 0 Å². The minimum absolute atomic E-state index is 0.0928. The first kappa shape index (κ1) is 16.7. The molecular weight excluding hydrogens is 319 g/mol. The summed E-state index contributed by atoms with van der Waals surface area (Å²) in [6, 6.07) is 12.5. The second-order valence-corrected chi connectivity index (χ2v) is 6.30. The Morgan fingerprint density at radius 2 is 1.83 bits per heavy atom. The molecule has 0 aliphatic carbocycles. The van der Waals surface area contributed by atoms with Crippen molar-refractivity contribution in [2.45, 2.75) is 6.92 Å². The molecule has 0 aromatic heterocycles. The zero-order valence-corrected chi connectivity index (χ0v) is 13.1. The normalized spacial score (nSPS) is 11.4. The molecule has 1 amide bonds. The van der Waals surface area contributed by atoms with Gasteiger partial charge < -0.3 is 5.32 Å². The lowest BCUT2D eigenvalue weighted by Crippen LogP contribution is -2.11. The summed E-state index contributed by atoms with van der Waals surface area (Å²) in [7, 11) is -3.76. The second-order valence-electron chi connectivity index (χ2n) is 4.74. The summed E-state index contributed by atoms with van der Waals surface area (Å²) >= 11 is 0.